The van der Waals surface area contributed by atoms with Crippen molar-refractivity contribution in [2.24, 2.45) is 0 Å². The number of benzene rings is 2. The number of fused-ring (bicyclic) bond motifs is 1. The average molecular weight is 461 g/mol. The summed E-state index contributed by atoms with van der Waals surface area (Å²) in [5, 5.41) is 3.60. The van der Waals surface area contributed by atoms with E-state index in [1.807, 2.05) is 25.1 Å². The number of imidazole rings is 1. The highest BCUT2D eigenvalue weighted by atomic mass is 19.4. The van der Waals surface area contributed by atoms with Gasteiger partial charge in [0.2, 0.25) is 0 Å². The minimum absolute atomic E-state index is 0.0712. The molecule has 3 aromatic rings. The van der Waals surface area contributed by atoms with E-state index in [2.05, 4.69) is 32.2 Å². The molecule has 0 aliphatic heterocycles. The number of ether oxygens (including phenoxy) is 1. The smallest absolute Gasteiger partial charge is 0.406 e. The first-order chi connectivity index (χ1) is 15.8. The molecule has 1 saturated carbocycles. The van der Waals surface area contributed by atoms with Crippen LogP contribution in [0.2, 0.25) is 0 Å². The first kappa shape index (κ1) is 23.1. The molecule has 1 aromatic heterocycles. The lowest BCUT2D eigenvalue weighted by Gasteiger charge is -2.37. The molecule has 6 nitrogen and oxygen atoms in total. The molecule has 2 N–H and O–H groups in total. The van der Waals surface area contributed by atoms with Gasteiger partial charge in [-0.2, -0.15) is 0 Å². The Balaban J connectivity index is 1.44. The summed E-state index contributed by atoms with van der Waals surface area (Å²) in [7, 11) is 0. The van der Waals surface area contributed by atoms with Crippen LogP contribution < -0.4 is 10.1 Å². The standard InChI is InChI=1S/C24H27F3N4O2/c1-2-31(18-10-6-9-17(13-18)28-15-16-7-4-3-5-8-16)23(32)22-29-20-12-11-19(14-21(20)30-22)33-24(25,26)27/h3-5,7-8,11-12,14,17-18,28H,2,6,9-10,13,15H2,1H3,(H,29,30). The number of aromatic nitrogens is 2. The Morgan fingerprint density at radius 3 is 2.73 bits per heavy atom. The van der Waals surface area contributed by atoms with Crippen LogP contribution in [0.3, 0.4) is 0 Å². The maximum atomic E-state index is 13.2. The quantitative estimate of drug-likeness (QED) is 0.519. The summed E-state index contributed by atoms with van der Waals surface area (Å²) >= 11 is 0. The number of amides is 1. The third-order valence-electron chi connectivity index (χ3n) is 6.02. The van der Waals surface area contributed by atoms with Crippen molar-refractivity contribution < 1.29 is 22.7 Å². The predicted octanol–water partition coefficient (Wildman–Crippen LogP) is 5.02. The van der Waals surface area contributed by atoms with Gasteiger partial charge in [0.25, 0.3) is 5.91 Å². The molecule has 2 atom stereocenters. The largest absolute Gasteiger partial charge is 0.573 e. The molecule has 1 amide bonds. The Hall–Kier alpha value is -3.07. The minimum Gasteiger partial charge on any atom is -0.406 e. The fourth-order valence-corrected chi connectivity index (χ4v) is 4.48. The van der Waals surface area contributed by atoms with Gasteiger partial charge in [0, 0.05) is 31.2 Å². The van der Waals surface area contributed by atoms with Gasteiger partial charge >= 0.3 is 6.36 Å². The number of halogens is 3. The summed E-state index contributed by atoms with van der Waals surface area (Å²) in [6.45, 7) is 3.23. The molecule has 1 heterocycles. The van der Waals surface area contributed by atoms with E-state index in [1.54, 1.807) is 4.90 Å². The van der Waals surface area contributed by atoms with E-state index in [4.69, 9.17) is 0 Å². The van der Waals surface area contributed by atoms with Crippen LogP contribution in [0.25, 0.3) is 11.0 Å². The number of nitrogens with zero attached hydrogens (tertiary/aromatic N) is 2. The zero-order valence-electron chi connectivity index (χ0n) is 18.4. The zero-order chi connectivity index (χ0) is 23.4. The number of alkyl halides is 3. The molecule has 2 aromatic carbocycles. The van der Waals surface area contributed by atoms with Crippen LogP contribution >= 0.6 is 0 Å². The lowest BCUT2D eigenvalue weighted by atomic mass is 9.89. The molecule has 2 unspecified atom stereocenters. The molecule has 33 heavy (non-hydrogen) atoms. The molecule has 0 radical (unpaired) electrons. The number of hydrogen-bond donors (Lipinski definition) is 2. The van der Waals surface area contributed by atoms with Crippen molar-refractivity contribution in [2.45, 2.75) is 57.6 Å². The number of rotatable bonds is 7. The van der Waals surface area contributed by atoms with Crippen LogP contribution in [0.5, 0.6) is 5.75 Å². The third kappa shape index (κ3) is 5.84. The maximum absolute atomic E-state index is 13.2. The summed E-state index contributed by atoms with van der Waals surface area (Å²) in [4.78, 5) is 22.2. The van der Waals surface area contributed by atoms with Crippen molar-refractivity contribution >= 4 is 16.9 Å². The van der Waals surface area contributed by atoms with Crippen LogP contribution in [-0.4, -0.2) is 45.8 Å². The van der Waals surface area contributed by atoms with Gasteiger partial charge in [-0.05, 0) is 50.3 Å². The fourth-order valence-electron chi connectivity index (χ4n) is 4.48. The van der Waals surface area contributed by atoms with Gasteiger partial charge < -0.3 is 19.9 Å². The molecule has 1 aliphatic rings. The summed E-state index contributed by atoms with van der Waals surface area (Å²) in [5.41, 5.74) is 1.95. The Bertz CT molecular complexity index is 1080. The van der Waals surface area contributed by atoms with E-state index in [1.165, 1.54) is 23.8 Å². The first-order valence-electron chi connectivity index (χ1n) is 11.2. The minimum atomic E-state index is -4.78. The molecule has 176 valence electrons. The molecular weight excluding hydrogens is 433 g/mol. The highest BCUT2D eigenvalue weighted by molar-refractivity contribution is 5.94. The second-order valence-electron chi connectivity index (χ2n) is 8.29. The Morgan fingerprint density at radius 1 is 1.21 bits per heavy atom. The lowest BCUT2D eigenvalue weighted by molar-refractivity contribution is -0.274. The summed E-state index contributed by atoms with van der Waals surface area (Å²) in [5.74, 6) is -0.497. The highest BCUT2D eigenvalue weighted by Gasteiger charge is 2.32. The van der Waals surface area contributed by atoms with E-state index in [0.717, 1.165) is 32.2 Å². The number of nitrogens with one attached hydrogen (secondary N) is 2. The topological polar surface area (TPSA) is 70.2 Å². The zero-order valence-corrected chi connectivity index (χ0v) is 18.4. The van der Waals surface area contributed by atoms with E-state index < -0.39 is 6.36 Å². The number of H-pyrrole nitrogens is 1. The van der Waals surface area contributed by atoms with E-state index in [0.29, 0.717) is 18.1 Å². The number of carbonyl (C=O) groups is 1. The van der Waals surface area contributed by atoms with Crippen molar-refractivity contribution in [3.05, 3.63) is 59.9 Å². The van der Waals surface area contributed by atoms with Crippen molar-refractivity contribution in [3.63, 3.8) is 0 Å². The van der Waals surface area contributed by atoms with E-state index >= 15 is 0 Å². The summed E-state index contributed by atoms with van der Waals surface area (Å²) in [6.07, 6.45) is -0.961. The Kier molecular flexibility index (Phi) is 6.88. The molecule has 0 bridgehead atoms. The average Bonchev–Trinajstić information content (AvgIpc) is 3.21. The van der Waals surface area contributed by atoms with Crippen LogP contribution in [0, 0.1) is 0 Å². The lowest BCUT2D eigenvalue weighted by Crippen LogP contribution is -2.47. The SMILES string of the molecule is CCN(C(=O)c1nc2cc(OC(F)(F)F)ccc2[nH]1)C1CCCC(NCc2ccccc2)C1. The number of aromatic amines is 1. The van der Waals surface area contributed by atoms with Crippen molar-refractivity contribution in [3.8, 4) is 5.75 Å². The second-order valence-corrected chi connectivity index (χ2v) is 8.29. The summed E-state index contributed by atoms with van der Waals surface area (Å²) < 4.78 is 41.5. The maximum Gasteiger partial charge on any atom is 0.573 e. The molecular formula is C24H27F3N4O2. The van der Waals surface area contributed by atoms with Gasteiger partial charge in [-0.25, -0.2) is 4.98 Å². The van der Waals surface area contributed by atoms with Gasteiger partial charge in [0.1, 0.15) is 5.75 Å². The molecule has 4 rings (SSSR count). The molecule has 0 spiro atoms. The van der Waals surface area contributed by atoms with Crippen LogP contribution in [0.4, 0.5) is 13.2 Å². The van der Waals surface area contributed by atoms with E-state index in [9.17, 15) is 18.0 Å². The number of hydrogen-bond acceptors (Lipinski definition) is 4. The van der Waals surface area contributed by atoms with Crippen LogP contribution in [0.1, 0.15) is 48.8 Å². The fraction of sp³-hybridized carbons (Fsp3) is 0.417. The van der Waals surface area contributed by atoms with Crippen LogP contribution in [0.15, 0.2) is 48.5 Å². The van der Waals surface area contributed by atoms with Crippen molar-refractivity contribution in [2.75, 3.05) is 6.54 Å². The molecule has 0 saturated heterocycles. The van der Waals surface area contributed by atoms with Gasteiger partial charge in [-0.1, -0.05) is 30.3 Å². The van der Waals surface area contributed by atoms with Crippen LogP contribution in [-0.2, 0) is 6.54 Å². The molecule has 9 heteroatoms. The molecule has 1 fully saturated rings. The second kappa shape index (κ2) is 9.82. The normalized spacial score (nSPS) is 18.9. The van der Waals surface area contributed by atoms with E-state index in [-0.39, 0.29) is 29.0 Å². The Morgan fingerprint density at radius 2 is 2.00 bits per heavy atom. The van der Waals surface area contributed by atoms with Gasteiger partial charge in [-0.15, -0.1) is 13.2 Å². The predicted molar refractivity (Wildman–Crippen MR) is 119 cm³/mol. The molecule has 1 aliphatic carbocycles. The highest BCUT2D eigenvalue weighted by Crippen LogP contribution is 2.27. The first-order valence-corrected chi connectivity index (χ1v) is 11.2. The van der Waals surface area contributed by atoms with Gasteiger partial charge in [-0.3, -0.25) is 4.79 Å². The van der Waals surface area contributed by atoms with Gasteiger partial charge in [0.05, 0.1) is 11.0 Å². The third-order valence-corrected chi connectivity index (χ3v) is 6.02. The van der Waals surface area contributed by atoms with Gasteiger partial charge in [0.15, 0.2) is 5.82 Å². The van der Waals surface area contributed by atoms with Crippen molar-refractivity contribution in [1.29, 1.82) is 0 Å². The summed E-state index contributed by atoms with van der Waals surface area (Å²) in [6, 6.07) is 14.4. The number of carbonyl (C=O) groups excluding carboxylic acids is 1. The monoisotopic (exact) mass is 460 g/mol. The Labute approximate surface area is 190 Å². The van der Waals surface area contributed by atoms with Crippen molar-refractivity contribution in [1.82, 2.24) is 20.2 Å².